The van der Waals surface area contributed by atoms with Crippen LogP contribution in [-0.4, -0.2) is 43.2 Å². The van der Waals surface area contributed by atoms with Crippen molar-refractivity contribution >= 4 is 35.6 Å². The molecular formula is C48H61N3O7. The van der Waals surface area contributed by atoms with Crippen molar-refractivity contribution in [3.05, 3.63) is 96.1 Å². The van der Waals surface area contributed by atoms with Gasteiger partial charge >= 0.3 is 17.9 Å². The van der Waals surface area contributed by atoms with Crippen molar-refractivity contribution in [2.75, 3.05) is 13.2 Å². The molecule has 0 heterocycles. The summed E-state index contributed by atoms with van der Waals surface area (Å²) >= 11 is 0. The number of nitrogens with one attached hydrogen (secondary N) is 1. The number of carbonyl (C=O) groups is 3. The number of unbranched alkanes of at least 4 members (excludes halogenated alkanes) is 3. The summed E-state index contributed by atoms with van der Waals surface area (Å²) in [6.45, 7) is 10.5. The number of rotatable bonds is 19. The summed E-state index contributed by atoms with van der Waals surface area (Å²) in [6, 6.07) is 21.1. The maximum Gasteiger partial charge on any atom is 0.330 e. The average molecular weight is 792 g/mol. The van der Waals surface area contributed by atoms with E-state index in [1.807, 2.05) is 44.2 Å². The molecule has 1 N–H and O–H groups in total. The van der Waals surface area contributed by atoms with Crippen molar-refractivity contribution in [1.82, 2.24) is 5.43 Å². The lowest BCUT2D eigenvalue weighted by Crippen LogP contribution is -2.30. The number of para-hydroxylation sites is 1. The molecule has 0 spiro atoms. The lowest BCUT2D eigenvalue weighted by Gasteiger charge is -2.29. The number of aliphatic imine (C=N–C) groups is 1. The van der Waals surface area contributed by atoms with Gasteiger partial charge in [0.05, 0.1) is 37.0 Å². The molecule has 0 bridgehead atoms. The first-order valence-corrected chi connectivity index (χ1v) is 21.2. The van der Waals surface area contributed by atoms with Crippen molar-refractivity contribution < 1.29 is 33.3 Å². The summed E-state index contributed by atoms with van der Waals surface area (Å²) < 4.78 is 22.6. The van der Waals surface area contributed by atoms with Crippen LogP contribution in [0.15, 0.2) is 89.5 Å². The number of aryl methyl sites for hydroxylation is 1. The smallest absolute Gasteiger partial charge is 0.330 e. The molecule has 0 saturated heterocycles. The van der Waals surface area contributed by atoms with Gasteiger partial charge in [-0.15, -0.1) is 0 Å². The Morgan fingerprint density at radius 1 is 0.793 bits per heavy atom. The molecule has 3 aromatic carbocycles. The topological polar surface area (TPSA) is 125 Å². The van der Waals surface area contributed by atoms with Crippen LogP contribution >= 0.6 is 0 Å². The van der Waals surface area contributed by atoms with Gasteiger partial charge in [0.2, 0.25) is 0 Å². The van der Waals surface area contributed by atoms with E-state index >= 15 is 0 Å². The highest BCUT2D eigenvalue weighted by atomic mass is 16.5. The molecule has 2 aliphatic rings. The van der Waals surface area contributed by atoms with Crippen LogP contribution in [0.2, 0.25) is 0 Å². The second-order valence-electron chi connectivity index (χ2n) is 15.7. The van der Waals surface area contributed by atoms with E-state index in [4.69, 9.17) is 18.9 Å². The van der Waals surface area contributed by atoms with Crippen molar-refractivity contribution in [3.63, 3.8) is 0 Å². The molecule has 0 aliphatic heterocycles. The first-order valence-electron chi connectivity index (χ1n) is 21.2. The minimum atomic E-state index is -0.393. The largest absolute Gasteiger partial charge is 0.494 e. The number of carbonyl (C=O) groups excluding carboxylic acids is 3. The normalized spacial score (nSPS) is 19.6. The highest BCUT2D eigenvalue weighted by molar-refractivity contribution is 5.89. The standard InChI is InChI=1S/C48H61N3O7/c1-5-13-36-16-18-37(19-17-36)40-24-29-45(41(32-40)33-49-51-35(4)50-44-15-10-9-14-34(44)3)58-48(54)39-22-20-38(21-23-39)47(53)57-43-27-25-42(26-28-43)55-30-11-7-8-12-31-56-46(52)6-2/h6,9-10,14-15,24-29,32-33,36-39H,2,5,7-8,11-13,16-23,30-31H2,1,3-4H3,(H,50,51)/b49-33+. The fourth-order valence-corrected chi connectivity index (χ4v) is 7.84. The number of hydrogen-bond donors (Lipinski definition) is 1. The Bertz CT molecular complexity index is 1850. The predicted molar refractivity (Wildman–Crippen MR) is 229 cm³/mol. The Balaban J connectivity index is 1.10. The maximum atomic E-state index is 13.6. The molecule has 0 radical (unpaired) electrons. The fourth-order valence-electron chi connectivity index (χ4n) is 7.84. The van der Waals surface area contributed by atoms with Gasteiger partial charge in [-0.2, -0.15) is 5.10 Å². The monoisotopic (exact) mass is 791 g/mol. The van der Waals surface area contributed by atoms with Gasteiger partial charge in [0.25, 0.3) is 0 Å². The maximum absolute atomic E-state index is 13.6. The van der Waals surface area contributed by atoms with Crippen LogP contribution in [0, 0.1) is 24.7 Å². The van der Waals surface area contributed by atoms with Crippen molar-refractivity contribution in [1.29, 1.82) is 0 Å². The zero-order valence-electron chi connectivity index (χ0n) is 34.6. The number of hydrazone groups is 1. The van der Waals surface area contributed by atoms with Gasteiger partial charge in [-0.05, 0) is 156 Å². The van der Waals surface area contributed by atoms with E-state index in [-0.39, 0.29) is 23.8 Å². The molecule has 58 heavy (non-hydrogen) atoms. The molecule has 2 aliphatic carbocycles. The average Bonchev–Trinajstić information content (AvgIpc) is 3.24. The zero-order chi connectivity index (χ0) is 41.1. The molecular weight excluding hydrogens is 731 g/mol. The van der Waals surface area contributed by atoms with Gasteiger partial charge in [-0.25, -0.2) is 9.79 Å². The van der Waals surface area contributed by atoms with Crippen LogP contribution < -0.4 is 19.6 Å². The number of esters is 3. The summed E-state index contributed by atoms with van der Waals surface area (Å²) in [5, 5.41) is 4.50. The molecule has 0 atom stereocenters. The van der Waals surface area contributed by atoms with Crippen LogP contribution in [0.3, 0.4) is 0 Å². The number of nitrogens with zero attached hydrogens (tertiary/aromatic N) is 2. The second-order valence-corrected chi connectivity index (χ2v) is 15.7. The molecule has 0 aromatic heterocycles. The third-order valence-corrected chi connectivity index (χ3v) is 11.2. The predicted octanol–water partition coefficient (Wildman–Crippen LogP) is 10.7. The molecule has 10 heteroatoms. The Morgan fingerprint density at radius 3 is 2.12 bits per heavy atom. The van der Waals surface area contributed by atoms with Gasteiger partial charge in [0.15, 0.2) is 0 Å². The Hall–Kier alpha value is -5.25. The highest BCUT2D eigenvalue weighted by Crippen LogP contribution is 2.39. The third kappa shape index (κ3) is 14.0. The molecule has 2 fully saturated rings. The van der Waals surface area contributed by atoms with Crippen molar-refractivity contribution in [3.8, 4) is 17.2 Å². The molecule has 10 nitrogen and oxygen atoms in total. The second kappa shape index (κ2) is 23.2. The number of ether oxygens (including phenoxy) is 4. The first-order chi connectivity index (χ1) is 28.2. The van der Waals surface area contributed by atoms with E-state index in [9.17, 15) is 14.4 Å². The number of benzene rings is 3. The van der Waals surface area contributed by atoms with E-state index in [2.05, 4.69) is 41.2 Å². The van der Waals surface area contributed by atoms with Gasteiger partial charge in [0, 0.05) is 11.6 Å². The summed E-state index contributed by atoms with van der Waals surface area (Å²) in [4.78, 5) is 42.4. The Morgan fingerprint density at radius 2 is 1.45 bits per heavy atom. The van der Waals surface area contributed by atoms with Gasteiger partial charge in [-0.3, -0.25) is 15.0 Å². The molecule has 0 amide bonds. The molecule has 5 rings (SSSR count). The van der Waals surface area contributed by atoms with E-state index in [0.717, 1.165) is 61.3 Å². The summed E-state index contributed by atoms with van der Waals surface area (Å²) in [5.41, 5.74) is 6.99. The zero-order valence-corrected chi connectivity index (χ0v) is 34.6. The molecule has 310 valence electrons. The minimum absolute atomic E-state index is 0.286. The van der Waals surface area contributed by atoms with E-state index in [0.29, 0.717) is 67.9 Å². The Labute approximate surface area is 344 Å². The van der Waals surface area contributed by atoms with Crippen molar-refractivity contribution in [2.24, 2.45) is 27.8 Å². The fraction of sp³-hybridized carbons (Fsp3) is 0.479. The van der Waals surface area contributed by atoms with Crippen LogP contribution in [-0.2, 0) is 19.1 Å². The summed E-state index contributed by atoms with van der Waals surface area (Å²) in [7, 11) is 0. The lowest BCUT2D eigenvalue weighted by molar-refractivity contribution is -0.145. The third-order valence-electron chi connectivity index (χ3n) is 11.2. The number of amidine groups is 1. The van der Waals surface area contributed by atoms with E-state index < -0.39 is 5.97 Å². The molecule has 2 saturated carbocycles. The van der Waals surface area contributed by atoms with E-state index in [1.54, 1.807) is 30.5 Å². The lowest BCUT2D eigenvalue weighted by atomic mass is 9.77. The first kappa shape index (κ1) is 43.9. The molecule has 3 aromatic rings. The summed E-state index contributed by atoms with van der Waals surface area (Å²) in [6.07, 6.45) is 16.0. The van der Waals surface area contributed by atoms with Gasteiger partial charge < -0.3 is 18.9 Å². The SMILES string of the molecule is C=CC(=O)OCCCCCCOc1ccc(OC(=O)C2CCC(C(=O)Oc3ccc(C4CCC(CCC)CC4)cc3/C=N/NC(C)=Nc3ccccc3C)CC2)cc1. The summed E-state index contributed by atoms with van der Waals surface area (Å²) in [5.74, 6) is 2.02. The Kier molecular flexibility index (Phi) is 17.6. The van der Waals surface area contributed by atoms with Crippen LogP contribution in [0.25, 0.3) is 0 Å². The number of hydrogen-bond acceptors (Lipinski definition) is 9. The van der Waals surface area contributed by atoms with Crippen molar-refractivity contribution in [2.45, 2.75) is 117 Å². The quantitative estimate of drug-likeness (QED) is 0.0242. The van der Waals surface area contributed by atoms with Crippen LogP contribution in [0.5, 0.6) is 17.2 Å². The molecule has 0 unspecified atom stereocenters. The van der Waals surface area contributed by atoms with Crippen LogP contribution in [0.1, 0.15) is 126 Å². The van der Waals surface area contributed by atoms with Crippen LogP contribution in [0.4, 0.5) is 5.69 Å². The minimum Gasteiger partial charge on any atom is -0.494 e. The van der Waals surface area contributed by atoms with Gasteiger partial charge in [0.1, 0.15) is 23.1 Å². The van der Waals surface area contributed by atoms with E-state index in [1.165, 1.54) is 37.3 Å². The highest BCUT2D eigenvalue weighted by Gasteiger charge is 2.32. The van der Waals surface area contributed by atoms with Gasteiger partial charge in [-0.1, -0.05) is 50.6 Å².